The van der Waals surface area contributed by atoms with E-state index in [0.717, 1.165) is 10.4 Å². The number of hydroxylamine groups is 2. The molecule has 0 spiro atoms. The lowest BCUT2D eigenvalue weighted by Crippen LogP contribution is -2.07. The second-order valence-electron chi connectivity index (χ2n) is 1.27. The SMILES string of the molecule is C[C]1SC=CN1O. The standard InChI is InChI=1S/C4H6NOS/c1-4-5(6)2-3-7-4/h2-3,6H,1H3. The maximum Gasteiger partial charge on any atom is 0.147 e. The van der Waals surface area contributed by atoms with E-state index in [2.05, 4.69) is 0 Å². The molecule has 1 N–H and O–H groups in total. The average Bonchev–Trinajstić information content (AvgIpc) is 1.91. The summed E-state index contributed by atoms with van der Waals surface area (Å²) < 4.78 is 0. The Morgan fingerprint density at radius 1 is 1.86 bits per heavy atom. The van der Waals surface area contributed by atoms with E-state index in [0.29, 0.717) is 0 Å². The molecule has 0 aromatic rings. The molecule has 1 heterocycles. The molecule has 0 fully saturated rings. The highest BCUT2D eigenvalue weighted by Gasteiger charge is 2.11. The first-order valence-electron chi connectivity index (χ1n) is 1.95. The predicted molar refractivity (Wildman–Crippen MR) is 29.3 cm³/mol. The minimum absolute atomic E-state index is 0.903. The van der Waals surface area contributed by atoms with Gasteiger partial charge in [-0.2, -0.15) is 0 Å². The minimum atomic E-state index is 0.903. The van der Waals surface area contributed by atoms with Crippen LogP contribution in [0.25, 0.3) is 0 Å². The van der Waals surface area contributed by atoms with Crippen molar-refractivity contribution in [2.24, 2.45) is 0 Å². The fourth-order valence-electron chi connectivity index (χ4n) is 0.346. The highest BCUT2D eigenvalue weighted by molar-refractivity contribution is 8.05. The number of hydrogen-bond donors (Lipinski definition) is 1. The van der Waals surface area contributed by atoms with Crippen LogP contribution < -0.4 is 0 Å². The van der Waals surface area contributed by atoms with Crippen LogP contribution in [0.1, 0.15) is 6.92 Å². The zero-order valence-corrected chi connectivity index (χ0v) is 4.77. The molecule has 0 bridgehead atoms. The predicted octanol–water partition coefficient (Wildman–Crippen LogP) is 1.40. The van der Waals surface area contributed by atoms with Crippen LogP contribution in [-0.4, -0.2) is 10.3 Å². The average molecular weight is 116 g/mol. The van der Waals surface area contributed by atoms with Crippen LogP contribution in [0.4, 0.5) is 0 Å². The van der Waals surface area contributed by atoms with Crippen molar-refractivity contribution >= 4 is 11.8 Å². The molecule has 3 heteroatoms. The van der Waals surface area contributed by atoms with E-state index in [1.807, 2.05) is 12.3 Å². The number of nitrogens with zero attached hydrogens (tertiary/aromatic N) is 1. The van der Waals surface area contributed by atoms with Gasteiger partial charge in [-0.05, 0) is 12.3 Å². The number of thioether (sulfide) groups is 1. The van der Waals surface area contributed by atoms with Gasteiger partial charge in [0.05, 0.1) is 0 Å². The van der Waals surface area contributed by atoms with Crippen LogP contribution >= 0.6 is 11.8 Å². The van der Waals surface area contributed by atoms with E-state index < -0.39 is 0 Å². The quantitative estimate of drug-likeness (QED) is 0.517. The molecule has 1 aliphatic rings. The first kappa shape index (κ1) is 5.00. The molecule has 0 unspecified atom stereocenters. The number of hydrogen-bond acceptors (Lipinski definition) is 3. The summed E-state index contributed by atoms with van der Waals surface area (Å²) in [7, 11) is 0. The molecule has 0 aromatic heterocycles. The molecular formula is C4H6NOS. The van der Waals surface area contributed by atoms with Crippen LogP contribution in [-0.2, 0) is 0 Å². The Morgan fingerprint density at radius 3 is 2.71 bits per heavy atom. The molecular weight excluding hydrogens is 110 g/mol. The summed E-state index contributed by atoms with van der Waals surface area (Å²) in [5.41, 5.74) is 0. The summed E-state index contributed by atoms with van der Waals surface area (Å²) in [4.78, 5) is 0. The third kappa shape index (κ3) is 0.894. The van der Waals surface area contributed by atoms with Crippen molar-refractivity contribution in [1.29, 1.82) is 0 Å². The topological polar surface area (TPSA) is 23.5 Å². The van der Waals surface area contributed by atoms with E-state index in [-0.39, 0.29) is 0 Å². The molecule has 0 amide bonds. The maximum atomic E-state index is 8.69. The minimum Gasteiger partial charge on any atom is -0.287 e. The summed E-state index contributed by atoms with van der Waals surface area (Å²) in [6.07, 6.45) is 1.61. The van der Waals surface area contributed by atoms with Crippen LogP contribution in [0.3, 0.4) is 0 Å². The first-order valence-corrected chi connectivity index (χ1v) is 2.83. The molecule has 0 aromatic carbocycles. The summed E-state index contributed by atoms with van der Waals surface area (Å²) in [6.45, 7) is 1.85. The molecule has 1 radical (unpaired) electrons. The van der Waals surface area contributed by atoms with Crippen LogP contribution in [0.5, 0.6) is 0 Å². The van der Waals surface area contributed by atoms with E-state index in [4.69, 9.17) is 5.21 Å². The van der Waals surface area contributed by atoms with Gasteiger partial charge in [0.2, 0.25) is 0 Å². The van der Waals surface area contributed by atoms with Crippen molar-refractivity contribution in [1.82, 2.24) is 5.06 Å². The lowest BCUT2D eigenvalue weighted by molar-refractivity contribution is -0.0126. The summed E-state index contributed by atoms with van der Waals surface area (Å²) in [6, 6.07) is 0. The molecule has 2 nitrogen and oxygen atoms in total. The molecule has 0 saturated carbocycles. The second-order valence-corrected chi connectivity index (χ2v) is 2.37. The third-order valence-electron chi connectivity index (χ3n) is 0.763. The van der Waals surface area contributed by atoms with Gasteiger partial charge in [-0.25, -0.2) is 5.06 Å². The Labute approximate surface area is 46.8 Å². The fourth-order valence-corrected chi connectivity index (χ4v) is 0.887. The van der Waals surface area contributed by atoms with Gasteiger partial charge >= 0.3 is 0 Å². The van der Waals surface area contributed by atoms with Crippen LogP contribution in [0, 0.1) is 5.37 Å². The molecule has 0 saturated heterocycles. The number of rotatable bonds is 0. The van der Waals surface area contributed by atoms with E-state index in [1.54, 1.807) is 6.20 Å². The highest BCUT2D eigenvalue weighted by Crippen LogP contribution is 2.28. The molecule has 0 aliphatic carbocycles. The summed E-state index contributed by atoms with van der Waals surface area (Å²) in [5.74, 6) is 0. The van der Waals surface area contributed by atoms with Gasteiger partial charge in [-0.15, -0.1) is 0 Å². The lowest BCUT2D eigenvalue weighted by Gasteiger charge is -2.08. The fraction of sp³-hybridized carbons (Fsp3) is 0.250. The molecule has 1 aliphatic heterocycles. The summed E-state index contributed by atoms with van der Waals surface area (Å²) in [5, 5.41) is 12.5. The normalized spacial score (nSPS) is 21.7. The monoisotopic (exact) mass is 116 g/mol. The van der Waals surface area contributed by atoms with Gasteiger partial charge in [-0.1, -0.05) is 11.8 Å². The smallest absolute Gasteiger partial charge is 0.147 e. The highest BCUT2D eigenvalue weighted by atomic mass is 32.2. The maximum absolute atomic E-state index is 8.69. The largest absolute Gasteiger partial charge is 0.287 e. The van der Waals surface area contributed by atoms with Crippen LogP contribution in [0.2, 0.25) is 0 Å². The first-order chi connectivity index (χ1) is 3.30. The van der Waals surface area contributed by atoms with Crippen LogP contribution in [0.15, 0.2) is 11.6 Å². The van der Waals surface area contributed by atoms with Crippen molar-refractivity contribution in [3.05, 3.63) is 17.0 Å². The Kier molecular flexibility index (Phi) is 1.25. The zero-order valence-electron chi connectivity index (χ0n) is 3.96. The van der Waals surface area contributed by atoms with Gasteiger partial charge in [0.15, 0.2) is 0 Å². The van der Waals surface area contributed by atoms with E-state index >= 15 is 0 Å². The van der Waals surface area contributed by atoms with Crippen molar-refractivity contribution < 1.29 is 5.21 Å². The van der Waals surface area contributed by atoms with Gasteiger partial charge in [0, 0.05) is 6.20 Å². The third-order valence-corrected chi connectivity index (χ3v) is 1.55. The second kappa shape index (κ2) is 1.76. The van der Waals surface area contributed by atoms with Crippen molar-refractivity contribution in [2.45, 2.75) is 6.92 Å². The van der Waals surface area contributed by atoms with Gasteiger partial charge in [-0.3, -0.25) is 5.21 Å². The molecule has 39 valence electrons. The van der Waals surface area contributed by atoms with Crippen molar-refractivity contribution in [2.75, 3.05) is 0 Å². The zero-order chi connectivity index (χ0) is 5.28. The summed E-state index contributed by atoms with van der Waals surface area (Å²) >= 11 is 1.52. The molecule has 0 atom stereocenters. The van der Waals surface area contributed by atoms with Crippen molar-refractivity contribution in [3.63, 3.8) is 0 Å². The van der Waals surface area contributed by atoms with Gasteiger partial charge in [0.1, 0.15) is 5.37 Å². The van der Waals surface area contributed by atoms with E-state index in [9.17, 15) is 0 Å². The lowest BCUT2D eigenvalue weighted by atomic mass is 10.7. The van der Waals surface area contributed by atoms with E-state index in [1.165, 1.54) is 11.8 Å². The Bertz CT molecular complexity index is 93.7. The van der Waals surface area contributed by atoms with Gasteiger partial charge < -0.3 is 0 Å². The Morgan fingerprint density at radius 2 is 2.57 bits per heavy atom. The molecule has 1 rings (SSSR count). The molecule has 7 heavy (non-hydrogen) atoms. The Balaban J connectivity index is 2.45. The Hall–Kier alpha value is -0.150. The van der Waals surface area contributed by atoms with Crippen molar-refractivity contribution in [3.8, 4) is 0 Å². The van der Waals surface area contributed by atoms with Gasteiger partial charge in [0.25, 0.3) is 0 Å².